The number of aryl methyl sites for hydroxylation is 2. The van der Waals surface area contributed by atoms with E-state index in [2.05, 4.69) is 36.2 Å². The maximum absolute atomic E-state index is 13.5. The van der Waals surface area contributed by atoms with E-state index in [9.17, 15) is 28.8 Å². The molecule has 3 aromatic heterocycles. The standard InChI is InChI=1S/C36H42N10O9S/c1-21-42-43-33(55-21)26-14-28(22-6-8-25(9-7-22)41-36(54)45-18-23-10-12-38-16-24(23)19-45)44-46(34(26)51)13-5-3-2-4-11-39-30(47)17-40-32(50)29(15-31(48)49)56-20-27(37)35(52)53/h6-10,12,14,16,27,29H,2-5,11,13,15,17-20,37H2,1H3,(H,39,47)(H,40,50)(H,41,54)(H,48,49)(H,52,53). The van der Waals surface area contributed by atoms with Crippen LogP contribution in [0.25, 0.3) is 22.7 Å². The third kappa shape index (κ3) is 11.4. The first-order valence-corrected chi connectivity index (χ1v) is 18.8. The number of nitrogens with zero attached hydrogens (tertiary/aromatic N) is 6. The van der Waals surface area contributed by atoms with Crippen LogP contribution in [0.1, 0.15) is 49.1 Å². The summed E-state index contributed by atoms with van der Waals surface area (Å²) >= 11 is 0.797. The van der Waals surface area contributed by atoms with Gasteiger partial charge in [0.1, 0.15) is 11.6 Å². The Balaban J connectivity index is 1.10. The number of urea groups is 1. The minimum Gasteiger partial charge on any atom is -0.481 e. The number of anilines is 1. The summed E-state index contributed by atoms with van der Waals surface area (Å²) in [5.41, 5.74) is 9.10. The Labute approximate surface area is 324 Å². The van der Waals surface area contributed by atoms with E-state index in [1.807, 2.05) is 6.07 Å². The zero-order valence-corrected chi connectivity index (χ0v) is 31.3. The molecule has 1 aromatic carbocycles. The summed E-state index contributed by atoms with van der Waals surface area (Å²) in [5, 5.41) is 37.4. The molecule has 4 heterocycles. The predicted molar refractivity (Wildman–Crippen MR) is 203 cm³/mol. The quantitative estimate of drug-likeness (QED) is 0.0741. The van der Waals surface area contributed by atoms with Gasteiger partial charge in [0.15, 0.2) is 0 Å². The monoisotopic (exact) mass is 790 g/mol. The van der Waals surface area contributed by atoms with E-state index < -0.39 is 47.0 Å². The number of hydrogen-bond acceptors (Lipinski definition) is 13. The largest absolute Gasteiger partial charge is 0.481 e. The van der Waals surface area contributed by atoms with Gasteiger partial charge in [-0.05, 0) is 48.2 Å². The lowest BCUT2D eigenvalue weighted by Crippen LogP contribution is -2.42. The van der Waals surface area contributed by atoms with Crippen molar-refractivity contribution in [1.29, 1.82) is 0 Å². The molecule has 0 fully saturated rings. The summed E-state index contributed by atoms with van der Waals surface area (Å²) in [6, 6.07) is 9.11. The van der Waals surface area contributed by atoms with Crippen molar-refractivity contribution in [1.82, 2.24) is 40.5 Å². The average molecular weight is 791 g/mol. The number of carbonyl (C=O) groups excluding carboxylic acids is 3. The molecule has 4 aromatic rings. The highest BCUT2D eigenvalue weighted by molar-refractivity contribution is 8.00. The molecule has 5 rings (SSSR count). The molecule has 56 heavy (non-hydrogen) atoms. The molecule has 0 saturated carbocycles. The molecule has 0 aliphatic carbocycles. The highest BCUT2D eigenvalue weighted by Gasteiger charge is 2.26. The van der Waals surface area contributed by atoms with Crippen molar-refractivity contribution in [2.24, 2.45) is 5.73 Å². The maximum atomic E-state index is 13.5. The molecule has 2 unspecified atom stereocenters. The fraction of sp³-hybridized carbons (Fsp3) is 0.389. The second-order valence-electron chi connectivity index (χ2n) is 13.0. The van der Waals surface area contributed by atoms with E-state index in [-0.39, 0.29) is 29.8 Å². The topological polar surface area (TPSA) is 278 Å². The van der Waals surface area contributed by atoms with Gasteiger partial charge in [-0.1, -0.05) is 25.0 Å². The first kappa shape index (κ1) is 41.0. The van der Waals surface area contributed by atoms with Crippen LogP contribution in [-0.4, -0.2) is 100.0 Å². The van der Waals surface area contributed by atoms with Crippen molar-refractivity contribution in [3.63, 3.8) is 0 Å². The van der Waals surface area contributed by atoms with Gasteiger partial charge in [0.25, 0.3) is 11.4 Å². The van der Waals surface area contributed by atoms with E-state index in [1.165, 1.54) is 4.68 Å². The lowest BCUT2D eigenvalue weighted by atomic mass is 10.1. The molecule has 19 nitrogen and oxygen atoms in total. The van der Waals surface area contributed by atoms with Gasteiger partial charge in [0.2, 0.25) is 17.7 Å². The molecular weight excluding hydrogens is 749 g/mol. The van der Waals surface area contributed by atoms with Crippen molar-refractivity contribution in [3.05, 3.63) is 76.2 Å². The fourth-order valence-electron chi connectivity index (χ4n) is 5.67. The van der Waals surface area contributed by atoms with Crippen LogP contribution in [0.2, 0.25) is 0 Å². The van der Waals surface area contributed by atoms with E-state index in [0.717, 1.165) is 22.9 Å². The van der Waals surface area contributed by atoms with Crippen LogP contribution in [0, 0.1) is 6.92 Å². The lowest BCUT2D eigenvalue weighted by Gasteiger charge is -2.16. The number of carboxylic acid groups (broad SMARTS) is 2. The number of carboxylic acids is 2. The molecule has 20 heteroatoms. The van der Waals surface area contributed by atoms with Gasteiger partial charge in [-0.25, -0.2) is 9.48 Å². The number of unbranched alkanes of at least 4 members (excludes halogenated alkanes) is 3. The molecule has 7 N–H and O–H groups in total. The first-order valence-electron chi connectivity index (χ1n) is 17.7. The smallest absolute Gasteiger partial charge is 0.322 e. The molecule has 0 spiro atoms. The summed E-state index contributed by atoms with van der Waals surface area (Å²) in [7, 11) is 0. The number of fused-ring (bicyclic) bond motifs is 1. The summed E-state index contributed by atoms with van der Waals surface area (Å²) < 4.78 is 6.94. The highest BCUT2D eigenvalue weighted by Crippen LogP contribution is 2.25. The van der Waals surface area contributed by atoms with Gasteiger partial charge in [0, 0.05) is 62.5 Å². The molecule has 0 radical (unpaired) electrons. The predicted octanol–water partition coefficient (Wildman–Crippen LogP) is 1.99. The second-order valence-corrected chi connectivity index (χ2v) is 14.2. The SMILES string of the molecule is Cc1nnc(-c2cc(-c3ccc(NC(=O)N4Cc5ccncc5C4)cc3)nn(CCCCCCNC(=O)CNC(=O)C(CC(=O)O)SCC(N)C(=O)O)c2=O)o1. The second kappa shape index (κ2) is 19.4. The van der Waals surface area contributed by atoms with E-state index in [4.69, 9.17) is 20.4 Å². The van der Waals surface area contributed by atoms with Crippen molar-refractivity contribution in [3.8, 4) is 22.7 Å². The number of hydrogen-bond donors (Lipinski definition) is 6. The van der Waals surface area contributed by atoms with E-state index >= 15 is 0 Å². The number of aliphatic carboxylic acids is 2. The van der Waals surface area contributed by atoms with Gasteiger partial charge in [-0.2, -0.15) is 5.10 Å². The van der Waals surface area contributed by atoms with Crippen LogP contribution < -0.4 is 27.2 Å². The molecule has 1 aliphatic heterocycles. The van der Waals surface area contributed by atoms with E-state index in [1.54, 1.807) is 54.5 Å². The third-order valence-corrected chi connectivity index (χ3v) is 10.0. The number of benzene rings is 1. The number of nitrogens with two attached hydrogens (primary N) is 1. The molecule has 0 bridgehead atoms. The molecule has 296 valence electrons. The van der Waals surface area contributed by atoms with Crippen molar-refractivity contribution in [2.75, 3.05) is 24.2 Å². The Kier molecular flexibility index (Phi) is 14.2. The lowest BCUT2D eigenvalue weighted by molar-refractivity contribution is -0.138. The normalized spacial score (nSPS) is 13.1. The third-order valence-electron chi connectivity index (χ3n) is 8.67. The Morgan fingerprint density at radius 1 is 0.982 bits per heavy atom. The van der Waals surface area contributed by atoms with Gasteiger partial charge in [-0.3, -0.25) is 29.0 Å². The number of aromatic nitrogens is 5. The maximum Gasteiger partial charge on any atom is 0.322 e. The zero-order valence-electron chi connectivity index (χ0n) is 30.5. The Hall–Kier alpha value is -6.15. The minimum atomic E-state index is -1.28. The Bertz CT molecular complexity index is 2080. The number of nitrogens with one attached hydrogen (secondary N) is 3. The fourth-order valence-corrected chi connectivity index (χ4v) is 6.75. The minimum absolute atomic E-state index is 0.0704. The number of thioether (sulfide) groups is 1. The van der Waals surface area contributed by atoms with Gasteiger partial charge < -0.3 is 41.2 Å². The molecule has 1 aliphatic rings. The summed E-state index contributed by atoms with van der Waals surface area (Å²) in [5.74, 6) is -3.51. The van der Waals surface area contributed by atoms with Crippen LogP contribution in [0.3, 0.4) is 0 Å². The first-order chi connectivity index (χ1) is 26.9. The number of rotatable bonds is 19. The van der Waals surface area contributed by atoms with Gasteiger partial charge >= 0.3 is 18.0 Å². The van der Waals surface area contributed by atoms with Gasteiger partial charge in [-0.15, -0.1) is 22.0 Å². The van der Waals surface area contributed by atoms with Crippen LogP contribution in [0.4, 0.5) is 10.5 Å². The number of pyridine rings is 1. The van der Waals surface area contributed by atoms with Crippen molar-refractivity contribution in [2.45, 2.75) is 70.0 Å². The van der Waals surface area contributed by atoms with Gasteiger partial charge in [0.05, 0.1) is 23.9 Å². The molecule has 2 atom stereocenters. The average Bonchev–Trinajstić information content (AvgIpc) is 3.82. The summed E-state index contributed by atoms with van der Waals surface area (Å²) in [6.45, 7) is 2.84. The zero-order chi connectivity index (χ0) is 40.2. The number of carbonyl (C=O) groups is 5. The Morgan fingerprint density at radius 3 is 2.43 bits per heavy atom. The molecular formula is C36H42N10O9S. The van der Waals surface area contributed by atoms with E-state index in [0.29, 0.717) is 74.7 Å². The summed E-state index contributed by atoms with van der Waals surface area (Å²) in [4.78, 5) is 79.1. The van der Waals surface area contributed by atoms with Crippen LogP contribution in [0.5, 0.6) is 0 Å². The highest BCUT2D eigenvalue weighted by atomic mass is 32.2. The van der Waals surface area contributed by atoms with Crippen LogP contribution in [0.15, 0.2) is 58.0 Å². The Morgan fingerprint density at radius 2 is 1.73 bits per heavy atom. The van der Waals surface area contributed by atoms with Crippen molar-refractivity contribution < 1.29 is 38.6 Å². The van der Waals surface area contributed by atoms with Crippen LogP contribution >= 0.6 is 11.8 Å². The van der Waals surface area contributed by atoms with Crippen LogP contribution in [-0.2, 0) is 38.8 Å². The summed E-state index contributed by atoms with van der Waals surface area (Å²) in [6.07, 6.45) is 5.55. The molecule has 4 amide bonds. The van der Waals surface area contributed by atoms with Crippen molar-refractivity contribution >= 4 is 47.2 Å². The number of amides is 4. The molecule has 0 saturated heterocycles.